The molecule has 49 heteroatoms. The number of phosphoric acid groups is 2. The summed E-state index contributed by atoms with van der Waals surface area (Å²) in [4.78, 5) is 125. The van der Waals surface area contributed by atoms with Crippen LogP contribution >= 0.6 is 15.6 Å². The summed E-state index contributed by atoms with van der Waals surface area (Å²) >= 11 is 0. The fraction of sp³-hybridized carbons (Fsp3) is 0.733. The topological polar surface area (TPSA) is 540 Å². The van der Waals surface area contributed by atoms with Crippen LogP contribution in [0, 0.1) is 0 Å². The SMILES string of the molecule is CC(C)OC(=O)OCOP(=O)(OC[C@@]1(CF)O[C@@H](n2ccc(=O)[nH]c2=O)[C@](C)(O)[C@@H]1O)OC(C)OC(=O)OC(C)C.COC1O[C@@H]2[C@@](CF)(COP(=O)(OC(C)OC(=O)OC(C)C)OC(C)OC(=O)OC(C)C)O[C@@H](n3ccc(=O)[nH]c3=O)[C@]2(C)O1.COC1O[C@@H]2[C@](CO)(CF)O[C@@H](n3ccc(=O)[nH]c3=O)[C@]2(C)O1. The number of aliphatic hydroxyl groups excluding tert-OH is 2. The molecule has 8 heterocycles. The average molecular weight is 1620 g/mol. The molecule has 0 aliphatic carbocycles. The van der Waals surface area contributed by atoms with Gasteiger partial charge in [-0.1, -0.05) is 0 Å². The lowest BCUT2D eigenvalue weighted by Gasteiger charge is -2.32. The Hall–Kier alpha value is -7.35. The molecule has 6 N–H and O–H groups in total. The van der Waals surface area contributed by atoms with E-state index in [1.807, 2.05) is 4.98 Å². The number of alkyl halides is 3. The van der Waals surface area contributed by atoms with Gasteiger partial charge in [-0.25, -0.2) is 74.0 Å². The van der Waals surface area contributed by atoms with Crippen molar-refractivity contribution in [2.45, 2.75) is 224 Å². The van der Waals surface area contributed by atoms with E-state index in [2.05, 4.69) is 14.7 Å². The van der Waals surface area contributed by atoms with E-state index >= 15 is 4.39 Å². The van der Waals surface area contributed by atoms with Crippen molar-refractivity contribution >= 4 is 40.3 Å². The van der Waals surface area contributed by atoms with Crippen LogP contribution in [-0.4, -0.2) is 238 Å². The van der Waals surface area contributed by atoms with Crippen LogP contribution in [0.3, 0.4) is 0 Å². The summed E-state index contributed by atoms with van der Waals surface area (Å²) in [6.07, 6.45) is -17.6. The number of fused-ring (bicyclic) bond motifs is 2. The number of halogens is 3. The molecule has 5 fully saturated rings. The molecule has 8 rings (SSSR count). The number of phosphoric ester groups is 2. The molecule has 0 aromatic carbocycles. The predicted molar refractivity (Wildman–Crippen MR) is 350 cm³/mol. The van der Waals surface area contributed by atoms with Crippen molar-refractivity contribution < 1.29 is 164 Å². The van der Waals surface area contributed by atoms with Gasteiger partial charge in [0.05, 0.1) is 44.2 Å². The molecule has 0 bridgehead atoms. The molecule has 6 unspecified atom stereocenters. The van der Waals surface area contributed by atoms with Crippen LogP contribution in [-0.2, 0) is 117 Å². The number of aliphatic hydroxyl groups is 3. The Morgan fingerprint density at radius 1 is 0.495 bits per heavy atom. The summed E-state index contributed by atoms with van der Waals surface area (Å²) in [7, 11) is -7.34. The van der Waals surface area contributed by atoms with Gasteiger partial charge in [0, 0.05) is 51.0 Å². The van der Waals surface area contributed by atoms with Gasteiger partial charge in [-0.15, -0.1) is 0 Å². The van der Waals surface area contributed by atoms with Crippen molar-refractivity contribution in [3.05, 3.63) is 99.3 Å². The molecule has 109 heavy (non-hydrogen) atoms. The van der Waals surface area contributed by atoms with E-state index in [-0.39, 0.29) is 0 Å². The minimum Gasteiger partial charge on any atom is -0.432 e. The number of nitrogens with one attached hydrogen (secondary N) is 3. The molecule has 618 valence electrons. The van der Waals surface area contributed by atoms with E-state index in [0.29, 0.717) is 4.57 Å². The van der Waals surface area contributed by atoms with E-state index in [9.17, 15) is 81.2 Å². The lowest BCUT2D eigenvalue weighted by atomic mass is 9.88. The van der Waals surface area contributed by atoms with Crippen LogP contribution in [0.25, 0.3) is 0 Å². The molecule has 44 nitrogen and oxygen atoms in total. The van der Waals surface area contributed by atoms with Crippen molar-refractivity contribution in [1.29, 1.82) is 0 Å². The standard InChI is InChI=1S/C25H38FN2O16P.C22H34FN2O15P.C13H17FN2O7/c1-13(2)36-21(31)38-15(5)43-45(33,44-16(6)39-22(32)37-14(3)4)35-12-25(11-26)18-24(7,42-23(34-8)40-18)19(41-25)28-10-9-17(29)27-20(28)30;1-12(2)36-19(29)33-11-35-41(32,40-14(5)38-20(30)37-13(3)4)34-10-22(9-23)16(27)21(6,31)17(39-22)25-8-7-15(26)24-18(25)28;1-12-8(21-11(20-2)23-12)13(5-14,6-17)22-9(12)16-4-3-7(18)15-10(16)19/h9-10,13-16,18-19,23H,11-12H2,1-8H3,(H,27,29,30);7-8,12-14,16-17,27,31H,9-11H2,1-6H3,(H,24,26,28);3-4,8-9,11,17H,5-6H2,1-2H3,(H,15,18,19)/t15?,16?,18-,19+,23?,24+,25+,45?;14?,16-,17+,21+,22+,41?;8-,9+,11?,12+,13+/m000/s1. The Bertz CT molecular complexity index is 4020. The van der Waals surface area contributed by atoms with E-state index in [1.165, 1.54) is 55.0 Å². The third-order valence-electron chi connectivity index (χ3n) is 15.7. The Labute approximate surface area is 615 Å². The Morgan fingerprint density at radius 3 is 1.18 bits per heavy atom. The van der Waals surface area contributed by atoms with Crippen LogP contribution in [0.5, 0.6) is 0 Å². The molecule has 0 saturated carbocycles. The molecule has 0 radical (unpaired) electrons. The molecular formula is C60H89F3N6O38P2. The van der Waals surface area contributed by atoms with Crippen LogP contribution in [0.1, 0.15) is 116 Å². The minimum atomic E-state index is -4.96. The maximum atomic E-state index is 15.1. The highest BCUT2D eigenvalue weighted by molar-refractivity contribution is 7.48. The predicted octanol–water partition coefficient (Wildman–Crippen LogP) is 3.19. The van der Waals surface area contributed by atoms with E-state index in [4.69, 9.17) is 103 Å². The quantitative estimate of drug-likeness (QED) is 0.0233. The zero-order chi connectivity index (χ0) is 81.7. The van der Waals surface area contributed by atoms with Gasteiger partial charge >= 0.3 is 57.3 Å². The highest BCUT2D eigenvalue weighted by Gasteiger charge is 2.71. The minimum absolute atomic E-state index is 0.560. The first kappa shape index (κ1) is 90.5. The lowest BCUT2D eigenvalue weighted by Crippen LogP contribution is -2.53. The molecule has 5 saturated heterocycles. The monoisotopic (exact) mass is 1620 g/mol. The maximum Gasteiger partial charge on any atom is 0.510 e. The number of nitrogens with zero attached hydrogens (tertiary/aromatic N) is 3. The highest BCUT2D eigenvalue weighted by atomic mass is 31.2. The molecule has 3 aromatic rings. The highest BCUT2D eigenvalue weighted by Crippen LogP contribution is 2.58. The number of H-pyrrole nitrogens is 3. The number of rotatable bonds is 31. The number of ether oxygens (including phenoxy) is 17. The molecule has 0 amide bonds. The van der Waals surface area contributed by atoms with Gasteiger partial charge in [-0.3, -0.25) is 52.1 Å². The lowest BCUT2D eigenvalue weighted by molar-refractivity contribution is -0.283. The Kier molecular flexibility index (Phi) is 31.0. The van der Waals surface area contributed by atoms with E-state index < -0.39 is 247 Å². The first-order valence-electron chi connectivity index (χ1n) is 32.8. The van der Waals surface area contributed by atoms with Crippen molar-refractivity contribution in [2.75, 3.05) is 60.9 Å². The summed E-state index contributed by atoms with van der Waals surface area (Å²) in [6, 6.07) is 3.08. The van der Waals surface area contributed by atoms with Crippen molar-refractivity contribution in [3.8, 4) is 0 Å². The normalized spacial score (nSPS) is 30.1. The number of hydrogen-bond donors (Lipinski definition) is 6. The third-order valence-corrected chi connectivity index (χ3v) is 18.7. The second-order valence-corrected chi connectivity index (χ2v) is 29.1. The first-order valence-corrected chi connectivity index (χ1v) is 35.8. The second kappa shape index (κ2) is 37.3. The number of methoxy groups -OCH3 is 2. The summed E-state index contributed by atoms with van der Waals surface area (Å²) < 4.78 is 193. The molecule has 3 aromatic heterocycles. The number of carbonyl (C=O) groups excluding carboxylic acids is 4. The van der Waals surface area contributed by atoms with Crippen molar-refractivity contribution in [2.24, 2.45) is 0 Å². The fourth-order valence-electron chi connectivity index (χ4n) is 11.1. The number of hydrogen-bond acceptors (Lipinski definition) is 38. The van der Waals surface area contributed by atoms with E-state index in [1.54, 1.807) is 34.6 Å². The summed E-state index contributed by atoms with van der Waals surface area (Å²) in [5.41, 5.74) is -16.4. The molecule has 5 aliphatic heterocycles. The van der Waals surface area contributed by atoms with Crippen LogP contribution in [0.15, 0.2) is 65.6 Å². The van der Waals surface area contributed by atoms with E-state index in [0.717, 1.165) is 67.4 Å². The van der Waals surface area contributed by atoms with Crippen LogP contribution in [0.2, 0.25) is 0 Å². The first-order chi connectivity index (χ1) is 50.8. The van der Waals surface area contributed by atoms with Gasteiger partial charge in [-0.05, 0) is 96.9 Å². The van der Waals surface area contributed by atoms with Gasteiger partial charge in [-0.2, -0.15) is 0 Å². The molecule has 5 aliphatic rings. The number of aromatic nitrogens is 6. The summed E-state index contributed by atoms with van der Waals surface area (Å²) in [5.74, 6) is 0. The van der Waals surface area contributed by atoms with Gasteiger partial charge in [0.1, 0.15) is 55.1 Å². The summed E-state index contributed by atoms with van der Waals surface area (Å²) in [5, 5.41) is 31.4. The summed E-state index contributed by atoms with van der Waals surface area (Å²) in [6.45, 7) is 9.49. The zero-order valence-corrected chi connectivity index (χ0v) is 63.4. The largest absolute Gasteiger partial charge is 0.510 e. The molecular weight excluding hydrogens is 1530 g/mol. The van der Waals surface area contributed by atoms with Gasteiger partial charge in [0.15, 0.2) is 35.5 Å². The van der Waals surface area contributed by atoms with Gasteiger partial charge < -0.3 is 95.8 Å². The number of carbonyl (C=O) groups is 4. The second-order valence-electron chi connectivity index (χ2n) is 25.9. The fourth-order valence-corrected chi connectivity index (χ4v) is 13.6. The molecule has 0 spiro atoms. The van der Waals surface area contributed by atoms with Gasteiger partial charge in [0.2, 0.25) is 25.7 Å². The van der Waals surface area contributed by atoms with Crippen LogP contribution < -0.4 is 33.7 Å². The zero-order valence-electron chi connectivity index (χ0n) is 61.6. The Morgan fingerprint density at radius 2 is 0.826 bits per heavy atom. The Balaban J connectivity index is 0.000000268. The van der Waals surface area contributed by atoms with Crippen LogP contribution in [0.4, 0.5) is 32.3 Å². The molecule has 18 atom stereocenters. The van der Waals surface area contributed by atoms with Gasteiger partial charge in [0.25, 0.3) is 29.6 Å². The maximum absolute atomic E-state index is 15.1. The smallest absolute Gasteiger partial charge is 0.432 e. The van der Waals surface area contributed by atoms with Crippen molar-refractivity contribution in [1.82, 2.24) is 28.7 Å². The van der Waals surface area contributed by atoms with Crippen molar-refractivity contribution in [3.63, 3.8) is 0 Å². The average Bonchev–Trinajstić information content (AvgIpc) is 1.56. The third kappa shape index (κ3) is 22.1. The number of aromatic amines is 3.